The maximum Gasteiger partial charge on any atom is 0.331 e. The molecule has 1 saturated carbocycles. The topological polar surface area (TPSA) is 55.4 Å². The van der Waals surface area contributed by atoms with Crippen molar-refractivity contribution in [2.45, 2.75) is 55.4 Å². The number of methoxy groups -OCH3 is 1. The van der Waals surface area contributed by atoms with Crippen LogP contribution >= 0.6 is 11.8 Å². The molecular weight excluding hydrogens is 329 g/mol. The molecule has 24 heavy (non-hydrogen) atoms. The summed E-state index contributed by atoms with van der Waals surface area (Å²) in [6, 6.07) is 6.50. The van der Waals surface area contributed by atoms with Crippen LogP contribution in [0, 0.1) is 5.82 Å². The number of rotatable bonds is 6. The molecule has 1 aromatic rings. The van der Waals surface area contributed by atoms with Crippen LogP contribution in [0.2, 0.25) is 0 Å². The lowest BCUT2D eigenvalue weighted by Crippen LogP contribution is -2.54. The Bertz CT molecular complexity index is 571. The number of ether oxygens (including phenoxy) is 1. The van der Waals surface area contributed by atoms with Crippen LogP contribution in [0.5, 0.6) is 0 Å². The van der Waals surface area contributed by atoms with Crippen LogP contribution in [0.1, 0.15) is 44.9 Å². The van der Waals surface area contributed by atoms with Crippen molar-refractivity contribution in [1.29, 1.82) is 0 Å². The van der Waals surface area contributed by atoms with E-state index in [2.05, 4.69) is 5.32 Å². The molecule has 4 nitrogen and oxygen atoms in total. The molecule has 0 spiro atoms. The third-order valence-corrected chi connectivity index (χ3v) is 5.39. The van der Waals surface area contributed by atoms with E-state index in [0.29, 0.717) is 23.5 Å². The van der Waals surface area contributed by atoms with Crippen LogP contribution in [-0.4, -0.2) is 30.3 Å². The highest BCUT2D eigenvalue weighted by Crippen LogP contribution is 2.29. The van der Waals surface area contributed by atoms with E-state index in [-0.39, 0.29) is 24.1 Å². The quantitative estimate of drug-likeness (QED) is 0.481. The van der Waals surface area contributed by atoms with E-state index in [4.69, 9.17) is 4.74 Å². The van der Waals surface area contributed by atoms with Gasteiger partial charge in [0.2, 0.25) is 5.91 Å². The number of carbonyl (C=O) groups excluding carboxylic acids is 2. The molecule has 132 valence electrons. The molecule has 1 N–H and O–H groups in total. The average Bonchev–Trinajstić information content (AvgIpc) is 2.82. The van der Waals surface area contributed by atoms with Crippen LogP contribution in [-0.2, 0) is 14.3 Å². The molecule has 0 unspecified atom stereocenters. The number of carbonyl (C=O) groups is 2. The van der Waals surface area contributed by atoms with Gasteiger partial charge < -0.3 is 10.1 Å². The highest BCUT2D eigenvalue weighted by atomic mass is 32.2. The van der Waals surface area contributed by atoms with E-state index in [1.165, 1.54) is 24.9 Å². The van der Waals surface area contributed by atoms with Gasteiger partial charge in [-0.3, -0.25) is 4.79 Å². The van der Waals surface area contributed by atoms with E-state index < -0.39 is 5.54 Å². The minimum Gasteiger partial charge on any atom is -0.467 e. The summed E-state index contributed by atoms with van der Waals surface area (Å²) in [5, 5.41) is 2.90. The molecule has 0 aliphatic heterocycles. The molecule has 1 fully saturated rings. The first-order valence-corrected chi connectivity index (χ1v) is 9.33. The van der Waals surface area contributed by atoms with Crippen LogP contribution in [0.4, 0.5) is 4.39 Å². The van der Waals surface area contributed by atoms with Crippen molar-refractivity contribution in [2.24, 2.45) is 0 Å². The number of benzene rings is 1. The zero-order valence-corrected chi connectivity index (χ0v) is 14.8. The number of hydrogen-bond donors (Lipinski definition) is 1. The third-order valence-electron chi connectivity index (χ3n) is 4.34. The van der Waals surface area contributed by atoms with Crippen LogP contribution in [0.25, 0.3) is 0 Å². The van der Waals surface area contributed by atoms with Gasteiger partial charge in [-0.2, -0.15) is 0 Å². The largest absolute Gasteiger partial charge is 0.467 e. The van der Waals surface area contributed by atoms with Gasteiger partial charge in [-0.15, -0.1) is 11.8 Å². The van der Waals surface area contributed by atoms with Crippen molar-refractivity contribution in [2.75, 3.05) is 12.9 Å². The normalized spacial score (nSPS) is 16.9. The molecule has 0 radical (unpaired) electrons. The smallest absolute Gasteiger partial charge is 0.331 e. The molecule has 1 aromatic carbocycles. The Morgan fingerprint density at radius 3 is 2.50 bits per heavy atom. The first-order chi connectivity index (χ1) is 11.6. The summed E-state index contributed by atoms with van der Waals surface area (Å²) in [5.74, 6) is -0.368. The Labute approximate surface area is 146 Å². The van der Waals surface area contributed by atoms with Crippen molar-refractivity contribution in [3.8, 4) is 0 Å². The summed E-state index contributed by atoms with van der Waals surface area (Å²) < 4.78 is 18.5. The zero-order valence-electron chi connectivity index (χ0n) is 14.0. The maximum atomic E-state index is 13.6. The number of nitrogens with one attached hydrogen (secondary N) is 1. The summed E-state index contributed by atoms with van der Waals surface area (Å²) in [6.45, 7) is 0. The number of amides is 1. The van der Waals surface area contributed by atoms with Crippen molar-refractivity contribution in [3.05, 3.63) is 30.1 Å². The van der Waals surface area contributed by atoms with E-state index >= 15 is 0 Å². The third kappa shape index (κ3) is 4.97. The number of esters is 1. The fourth-order valence-corrected chi connectivity index (χ4v) is 3.94. The molecule has 6 heteroatoms. The van der Waals surface area contributed by atoms with Gasteiger partial charge in [0.05, 0.1) is 7.11 Å². The second-order valence-corrected chi connectivity index (χ2v) is 7.20. The number of thioether (sulfide) groups is 1. The Hall–Kier alpha value is -1.56. The summed E-state index contributed by atoms with van der Waals surface area (Å²) in [6.07, 6.45) is 5.41. The average molecular weight is 353 g/mol. The molecular formula is C18H24FNO3S. The molecule has 0 heterocycles. The van der Waals surface area contributed by atoms with Crippen LogP contribution in [0.3, 0.4) is 0 Å². The van der Waals surface area contributed by atoms with Gasteiger partial charge in [0.1, 0.15) is 11.4 Å². The Kier molecular flexibility index (Phi) is 7.09. The predicted molar refractivity (Wildman–Crippen MR) is 92.3 cm³/mol. The summed E-state index contributed by atoms with van der Waals surface area (Å²) >= 11 is 1.30. The van der Waals surface area contributed by atoms with E-state index in [9.17, 15) is 14.0 Å². The SMILES string of the molecule is COC(=O)C1(NC(=O)CCSc2ccccc2F)CCCCCC1. The number of hydrogen-bond acceptors (Lipinski definition) is 4. The monoisotopic (exact) mass is 353 g/mol. The van der Waals surface area contributed by atoms with Gasteiger partial charge in [-0.25, -0.2) is 9.18 Å². The van der Waals surface area contributed by atoms with E-state index in [1.807, 2.05) is 0 Å². The molecule has 0 atom stereocenters. The molecule has 0 aromatic heterocycles. The lowest BCUT2D eigenvalue weighted by Gasteiger charge is -2.30. The van der Waals surface area contributed by atoms with E-state index in [0.717, 1.165) is 25.7 Å². The second kappa shape index (κ2) is 9.06. The Balaban J connectivity index is 1.90. The van der Waals surface area contributed by atoms with Gasteiger partial charge >= 0.3 is 5.97 Å². The van der Waals surface area contributed by atoms with Crippen molar-refractivity contribution in [3.63, 3.8) is 0 Å². The maximum absolute atomic E-state index is 13.6. The van der Waals surface area contributed by atoms with Crippen molar-refractivity contribution in [1.82, 2.24) is 5.32 Å². The van der Waals surface area contributed by atoms with Gasteiger partial charge in [-0.1, -0.05) is 37.8 Å². The lowest BCUT2D eigenvalue weighted by atomic mass is 9.90. The van der Waals surface area contributed by atoms with E-state index in [1.54, 1.807) is 18.2 Å². The van der Waals surface area contributed by atoms with Crippen molar-refractivity contribution >= 4 is 23.6 Å². The van der Waals surface area contributed by atoms with Crippen LogP contribution in [0.15, 0.2) is 29.2 Å². The fraction of sp³-hybridized carbons (Fsp3) is 0.556. The Morgan fingerprint density at radius 2 is 1.88 bits per heavy atom. The standard InChI is InChI=1S/C18H24FNO3S/c1-23-17(22)18(11-6-2-3-7-12-18)20-16(21)10-13-24-15-9-5-4-8-14(15)19/h4-5,8-9H,2-3,6-7,10-13H2,1H3,(H,20,21). The van der Waals surface area contributed by atoms with Gasteiger partial charge in [0.25, 0.3) is 0 Å². The van der Waals surface area contributed by atoms with Gasteiger partial charge in [-0.05, 0) is 25.0 Å². The minimum atomic E-state index is -0.898. The number of halogens is 1. The molecule has 2 rings (SSSR count). The van der Waals surface area contributed by atoms with Gasteiger partial charge in [0, 0.05) is 17.1 Å². The highest BCUT2D eigenvalue weighted by Gasteiger charge is 2.40. The molecule has 1 aliphatic rings. The molecule has 1 amide bonds. The fourth-order valence-electron chi connectivity index (χ4n) is 3.05. The van der Waals surface area contributed by atoms with Crippen LogP contribution < -0.4 is 5.32 Å². The minimum absolute atomic E-state index is 0.189. The first kappa shape index (κ1) is 18.8. The van der Waals surface area contributed by atoms with Crippen molar-refractivity contribution < 1.29 is 18.7 Å². The molecule has 0 saturated heterocycles. The molecule has 0 bridgehead atoms. The van der Waals surface area contributed by atoms with Gasteiger partial charge in [0.15, 0.2) is 0 Å². The predicted octanol–water partition coefficient (Wildman–Crippen LogP) is 3.69. The molecule has 1 aliphatic carbocycles. The first-order valence-electron chi connectivity index (χ1n) is 8.34. The summed E-state index contributed by atoms with van der Waals surface area (Å²) in [5.41, 5.74) is -0.898. The Morgan fingerprint density at radius 1 is 1.21 bits per heavy atom. The highest BCUT2D eigenvalue weighted by molar-refractivity contribution is 7.99. The zero-order chi connectivity index (χ0) is 17.4. The second-order valence-electron chi connectivity index (χ2n) is 6.06. The summed E-state index contributed by atoms with van der Waals surface area (Å²) in [4.78, 5) is 25.1. The lowest BCUT2D eigenvalue weighted by molar-refractivity contribution is -0.151. The summed E-state index contributed by atoms with van der Waals surface area (Å²) in [7, 11) is 1.36.